The van der Waals surface area contributed by atoms with Crippen LogP contribution in [0.2, 0.25) is 0 Å². The lowest BCUT2D eigenvalue weighted by molar-refractivity contribution is -0.158. The predicted molar refractivity (Wildman–Crippen MR) is 121 cm³/mol. The average Bonchev–Trinajstić information content (AvgIpc) is 3.13. The Morgan fingerprint density at radius 1 is 1.12 bits per heavy atom. The zero-order chi connectivity index (χ0) is 23.6. The summed E-state index contributed by atoms with van der Waals surface area (Å²) < 4.78 is 41.9. The van der Waals surface area contributed by atoms with Crippen LogP contribution in [-0.2, 0) is 9.59 Å². The summed E-state index contributed by atoms with van der Waals surface area (Å²) >= 11 is 0. The fourth-order valence-electron chi connectivity index (χ4n) is 4.66. The number of alkyl halides is 3. The molecule has 2 aliphatic heterocycles. The first-order chi connectivity index (χ1) is 15.7. The zero-order valence-electron chi connectivity index (χ0n) is 18.4. The van der Waals surface area contributed by atoms with E-state index in [9.17, 15) is 22.8 Å². The second kappa shape index (κ2) is 9.43. The Labute approximate surface area is 191 Å². The summed E-state index contributed by atoms with van der Waals surface area (Å²) in [5, 5.41) is 2.50. The molecule has 9 heteroatoms. The van der Waals surface area contributed by atoms with E-state index in [0.29, 0.717) is 13.1 Å². The van der Waals surface area contributed by atoms with Gasteiger partial charge in [-0.1, -0.05) is 30.3 Å². The lowest BCUT2D eigenvalue weighted by Crippen LogP contribution is -2.53. The van der Waals surface area contributed by atoms with Crippen molar-refractivity contribution in [3.05, 3.63) is 54.6 Å². The van der Waals surface area contributed by atoms with E-state index in [0.717, 1.165) is 23.4 Å². The molecule has 0 saturated carbocycles. The maximum atomic E-state index is 14.0. The summed E-state index contributed by atoms with van der Waals surface area (Å²) in [5.74, 6) is -1.42. The van der Waals surface area contributed by atoms with Crippen molar-refractivity contribution in [2.45, 2.75) is 37.5 Å². The molecular formula is C24H27F3N4O2. The molecule has 2 heterocycles. The van der Waals surface area contributed by atoms with Crippen LogP contribution in [0.25, 0.3) is 0 Å². The average molecular weight is 461 g/mol. The number of likely N-dealkylation sites (tertiary alicyclic amines) is 1. The van der Waals surface area contributed by atoms with Gasteiger partial charge >= 0.3 is 6.18 Å². The van der Waals surface area contributed by atoms with Gasteiger partial charge in [0.1, 0.15) is 6.04 Å². The highest BCUT2D eigenvalue weighted by Crippen LogP contribution is 2.38. The molecule has 2 aromatic carbocycles. The van der Waals surface area contributed by atoms with Crippen LogP contribution >= 0.6 is 0 Å². The molecule has 33 heavy (non-hydrogen) atoms. The van der Waals surface area contributed by atoms with Gasteiger partial charge in [-0.05, 0) is 43.7 Å². The van der Waals surface area contributed by atoms with Crippen molar-refractivity contribution in [1.82, 2.24) is 4.90 Å². The van der Waals surface area contributed by atoms with E-state index in [4.69, 9.17) is 0 Å². The molecule has 2 aliphatic rings. The van der Waals surface area contributed by atoms with Crippen LogP contribution < -0.4 is 15.1 Å². The van der Waals surface area contributed by atoms with E-state index in [1.807, 2.05) is 42.3 Å². The van der Waals surface area contributed by atoms with Crippen molar-refractivity contribution >= 4 is 28.9 Å². The molecule has 0 spiro atoms. The molecule has 2 amide bonds. The molecule has 2 atom stereocenters. The van der Waals surface area contributed by atoms with Crippen molar-refractivity contribution in [3.8, 4) is 0 Å². The van der Waals surface area contributed by atoms with Crippen molar-refractivity contribution in [2.75, 3.05) is 41.8 Å². The van der Waals surface area contributed by atoms with E-state index < -0.39 is 30.5 Å². The SMILES string of the molecule is CN(C[C@H]1CCCN1CC(=O)N1c2ccccc2NC(=O)C[C@@H]1C(F)(F)F)c1ccccc1. The number of halogens is 3. The van der Waals surface area contributed by atoms with Crippen LogP contribution in [0.5, 0.6) is 0 Å². The molecule has 1 saturated heterocycles. The summed E-state index contributed by atoms with van der Waals surface area (Å²) in [6.07, 6.45) is -3.82. The molecule has 0 bridgehead atoms. The second-order valence-electron chi connectivity index (χ2n) is 8.57. The maximum absolute atomic E-state index is 14.0. The number of amides is 2. The molecule has 1 N–H and O–H groups in total. The van der Waals surface area contributed by atoms with Crippen LogP contribution in [-0.4, -0.2) is 61.7 Å². The fraction of sp³-hybridized carbons (Fsp3) is 0.417. The highest BCUT2D eigenvalue weighted by Gasteiger charge is 2.49. The third kappa shape index (κ3) is 5.13. The second-order valence-corrected chi connectivity index (χ2v) is 8.57. The molecule has 0 aromatic heterocycles. The number of rotatable bonds is 5. The molecular weight excluding hydrogens is 433 g/mol. The minimum absolute atomic E-state index is 0.0467. The monoisotopic (exact) mass is 460 g/mol. The standard InChI is InChI=1S/C24H27F3N4O2/c1-29(17-8-3-2-4-9-17)15-18-10-7-13-30(18)16-23(33)31-20-12-6-5-11-19(20)28-22(32)14-21(31)24(25,26)27/h2-6,8-9,11-12,18,21H,7,10,13-16H2,1H3,(H,28,32)/t18-,21-/m1/s1. The first-order valence-corrected chi connectivity index (χ1v) is 11.0. The van der Waals surface area contributed by atoms with Gasteiger partial charge in [0.15, 0.2) is 0 Å². The van der Waals surface area contributed by atoms with Gasteiger partial charge in [-0.3, -0.25) is 19.4 Å². The third-order valence-corrected chi connectivity index (χ3v) is 6.29. The number of fused-ring (bicyclic) bond motifs is 1. The minimum Gasteiger partial charge on any atom is -0.373 e. The van der Waals surface area contributed by atoms with Gasteiger partial charge in [0.05, 0.1) is 24.3 Å². The lowest BCUT2D eigenvalue weighted by atomic mass is 10.1. The Kier molecular flexibility index (Phi) is 6.60. The summed E-state index contributed by atoms with van der Waals surface area (Å²) in [6, 6.07) is 13.8. The van der Waals surface area contributed by atoms with Crippen LogP contribution in [0, 0.1) is 0 Å². The zero-order valence-corrected chi connectivity index (χ0v) is 18.4. The van der Waals surface area contributed by atoms with Crippen LogP contribution in [0.4, 0.5) is 30.2 Å². The number of anilines is 3. The van der Waals surface area contributed by atoms with Gasteiger partial charge in [0.25, 0.3) is 0 Å². The smallest absolute Gasteiger partial charge is 0.373 e. The molecule has 6 nitrogen and oxygen atoms in total. The van der Waals surface area contributed by atoms with Crippen molar-refractivity contribution in [1.29, 1.82) is 0 Å². The van der Waals surface area contributed by atoms with Crippen molar-refractivity contribution < 1.29 is 22.8 Å². The summed E-state index contributed by atoms with van der Waals surface area (Å²) in [6.45, 7) is 1.17. The Morgan fingerprint density at radius 3 is 2.55 bits per heavy atom. The first kappa shape index (κ1) is 23.1. The molecule has 2 aromatic rings. The van der Waals surface area contributed by atoms with E-state index in [-0.39, 0.29) is 24.0 Å². The number of benzene rings is 2. The van der Waals surface area contributed by atoms with Crippen molar-refractivity contribution in [3.63, 3.8) is 0 Å². The van der Waals surface area contributed by atoms with Gasteiger partial charge in [0.2, 0.25) is 11.8 Å². The maximum Gasteiger partial charge on any atom is 0.409 e. The van der Waals surface area contributed by atoms with E-state index in [1.54, 1.807) is 12.1 Å². The molecule has 1 fully saturated rings. The quantitative estimate of drug-likeness (QED) is 0.736. The fourth-order valence-corrected chi connectivity index (χ4v) is 4.66. The van der Waals surface area contributed by atoms with Crippen LogP contribution in [0.3, 0.4) is 0 Å². The Hall–Kier alpha value is -3.07. The van der Waals surface area contributed by atoms with Gasteiger partial charge < -0.3 is 10.2 Å². The number of hydrogen-bond donors (Lipinski definition) is 1. The van der Waals surface area contributed by atoms with Gasteiger partial charge in [0, 0.05) is 25.3 Å². The summed E-state index contributed by atoms with van der Waals surface area (Å²) in [5.41, 5.74) is 1.33. The minimum atomic E-state index is -4.73. The number of nitrogens with one attached hydrogen (secondary N) is 1. The predicted octanol–water partition coefficient (Wildman–Crippen LogP) is 3.89. The van der Waals surface area contributed by atoms with E-state index in [1.165, 1.54) is 12.1 Å². The van der Waals surface area contributed by atoms with E-state index >= 15 is 0 Å². The Morgan fingerprint density at radius 2 is 1.82 bits per heavy atom. The number of likely N-dealkylation sites (N-methyl/N-ethyl adjacent to an activating group) is 1. The van der Waals surface area contributed by atoms with Gasteiger partial charge in [-0.25, -0.2) is 0 Å². The number of carbonyl (C=O) groups is 2. The Balaban J connectivity index is 1.55. The molecule has 0 radical (unpaired) electrons. The summed E-state index contributed by atoms with van der Waals surface area (Å²) in [4.78, 5) is 30.3. The molecule has 4 rings (SSSR count). The molecule has 0 unspecified atom stereocenters. The topological polar surface area (TPSA) is 55.9 Å². The van der Waals surface area contributed by atoms with Crippen molar-refractivity contribution in [2.24, 2.45) is 0 Å². The lowest BCUT2D eigenvalue weighted by Gasteiger charge is -2.35. The number of hydrogen-bond acceptors (Lipinski definition) is 4. The number of nitrogens with zero attached hydrogens (tertiary/aromatic N) is 3. The highest BCUT2D eigenvalue weighted by molar-refractivity contribution is 6.05. The normalized spacial score (nSPS) is 21.3. The summed E-state index contributed by atoms with van der Waals surface area (Å²) in [7, 11) is 1.97. The third-order valence-electron chi connectivity index (χ3n) is 6.29. The van der Waals surface area contributed by atoms with E-state index in [2.05, 4.69) is 10.2 Å². The molecule has 0 aliphatic carbocycles. The number of carbonyl (C=O) groups excluding carboxylic acids is 2. The van der Waals surface area contributed by atoms with Gasteiger partial charge in [-0.2, -0.15) is 13.2 Å². The number of para-hydroxylation sites is 3. The largest absolute Gasteiger partial charge is 0.409 e. The van der Waals surface area contributed by atoms with Crippen LogP contribution in [0.1, 0.15) is 19.3 Å². The van der Waals surface area contributed by atoms with Crippen LogP contribution in [0.15, 0.2) is 54.6 Å². The molecule has 176 valence electrons. The highest BCUT2D eigenvalue weighted by atomic mass is 19.4. The Bertz CT molecular complexity index is 999. The van der Waals surface area contributed by atoms with Gasteiger partial charge in [-0.15, -0.1) is 0 Å². The first-order valence-electron chi connectivity index (χ1n) is 11.0.